The number of hydrogen-bond donors (Lipinski definition) is 2. The molecular formula is C14H13FN4O. The van der Waals surface area contributed by atoms with Crippen molar-refractivity contribution in [2.75, 3.05) is 10.6 Å². The second-order valence-electron chi connectivity index (χ2n) is 4.67. The lowest BCUT2D eigenvalue weighted by atomic mass is 10.2. The zero-order valence-corrected chi connectivity index (χ0v) is 10.6. The van der Waals surface area contributed by atoms with Gasteiger partial charge in [-0.15, -0.1) is 0 Å². The van der Waals surface area contributed by atoms with Crippen molar-refractivity contribution in [3.05, 3.63) is 48.0 Å². The van der Waals surface area contributed by atoms with Crippen molar-refractivity contribution < 1.29 is 9.18 Å². The van der Waals surface area contributed by atoms with Crippen LogP contribution in [0, 0.1) is 5.82 Å². The molecule has 0 saturated heterocycles. The van der Waals surface area contributed by atoms with Crippen LogP contribution in [0.1, 0.15) is 23.2 Å². The summed E-state index contributed by atoms with van der Waals surface area (Å²) in [6.45, 7) is 0. The van der Waals surface area contributed by atoms with Crippen LogP contribution in [0.4, 0.5) is 16.0 Å². The first-order chi connectivity index (χ1) is 9.70. The Morgan fingerprint density at radius 1 is 1.15 bits per heavy atom. The molecule has 0 aliphatic heterocycles. The number of carbonyl (C=O) groups is 1. The molecule has 0 radical (unpaired) electrons. The largest absolute Gasteiger partial charge is 0.351 e. The third kappa shape index (κ3) is 3.09. The fourth-order valence-corrected chi connectivity index (χ4v) is 1.67. The Bertz CT molecular complexity index is 608. The molecule has 3 rings (SSSR count). The molecule has 1 amide bonds. The minimum atomic E-state index is -0.346. The Kier molecular flexibility index (Phi) is 3.28. The van der Waals surface area contributed by atoms with Crippen molar-refractivity contribution in [2.45, 2.75) is 18.9 Å². The molecule has 1 heterocycles. The Morgan fingerprint density at radius 2 is 1.80 bits per heavy atom. The summed E-state index contributed by atoms with van der Waals surface area (Å²) in [5.41, 5.74) is 0.882. The van der Waals surface area contributed by atoms with E-state index in [0.717, 1.165) is 12.8 Å². The Morgan fingerprint density at radius 3 is 2.40 bits per heavy atom. The average Bonchev–Trinajstić information content (AvgIpc) is 3.26. The summed E-state index contributed by atoms with van der Waals surface area (Å²) in [4.78, 5) is 20.1. The maximum Gasteiger partial charge on any atom is 0.258 e. The maximum absolute atomic E-state index is 12.8. The zero-order chi connectivity index (χ0) is 13.9. The number of aromatic nitrogens is 2. The van der Waals surface area contributed by atoms with Gasteiger partial charge in [0.2, 0.25) is 5.95 Å². The van der Waals surface area contributed by atoms with Crippen LogP contribution in [-0.2, 0) is 0 Å². The van der Waals surface area contributed by atoms with Gasteiger partial charge >= 0.3 is 0 Å². The molecule has 5 nitrogen and oxygen atoms in total. The lowest BCUT2D eigenvalue weighted by Crippen LogP contribution is -2.13. The summed E-state index contributed by atoms with van der Waals surface area (Å²) in [7, 11) is 0. The molecule has 0 unspecified atom stereocenters. The van der Waals surface area contributed by atoms with Crippen LogP contribution in [0.15, 0.2) is 36.7 Å². The quantitative estimate of drug-likeness (QED) is 0.897. The minimum Gasteiger partial charge on any atom is -0.351 e. The van der Waals surface area contributed by atoms with E-state index in [2.05, 4.69) is 20.6 Å². The van der Waals surface area contributed by atoms with Crippen LogP contribution in [0.5, 0.6) is 0 Å². The predicted molar refractivity (Wildman–Crippen MR) is 73.0 cm³/mol. The molecule has 20 heavy (non-hydrogen) atoms. The number of nitrogens with zero attached hydrogens (tertiary/aromatic N) is 2. The molecule has 1 saturated carbocycles. The number of hydrogen-bond acceptors (Lipinski definition) is 4. The van der Waals surface area contributed by atoms with Crippen LogP contribution >= 0.6 is 0 Å². The van der Waals surface area contributed by atoms with Crippen molar-refractivity contribution in [1.82, 2.24) is 9.97 Å². The van der Waals surface area contributed by atoms with Crippen LogP contribution in [0.3, 0.4) is 0 Å². The fraction of sp³-hybridized carbons (Fsp3) is 0.214. The predicted octanol–water partition coefficient (Wildman–Crippen LogP) is 2.44. The first-order valence-corrected chi connectivity index (χ1v) is 6.36. The molecule has 1 aliphatic carbocycles. The van der Waals surface area contributed by atoms with Crippen LogP contribution in [0.25, 0.3) is 0 Å². The lowest BCUT2D eigenvalue weighted by Gasteiger charge is -2.06. The molecule has 2 N–H and O–H groups in total. The van der Waals surface area contributed by atoms with Crippen molar-refractivity contribution in [3.8, 4) is 0 Å². The highest BCUT2D eigenvalue weighted by molar-refractivity contribution is 6.03. The third-order valence-corrected chi connectivity index (χ3v) is 2.93. The Balaban J connectivity index is 1.65. The molecule has 2 aromatic rings. The highest BCUT2D eigenvalue weighted by Gasteiger charge is 2.21. The molecule has 6 heteroatoms. The zero-order valence-electron chi connectivity index (χ0n) is 10.6. The highest BCUT2D eigenvalue weighted by Crippen LogP contribution is 2.22. The number of anilines is 2. The molecule has 102 valence electrons. The van der Waals surface area contributed by atoms with Gasteiger partial charge in [0.05, 0.1) is 5.56 Å². The fourth-order valence-electron chi connectivity index (χ4n) is 1.67. The summed E-state index contributed by atoms with van der Waals surface area (Å²) < 4.78 is 12.8. The molecular weight excluding hydrogens is 259 g/mol. The van der Waals surface area contributed by atoms with Gasteiger partial charge in [0.15, 0.2) is 0 Å². The van der Waals surface area contributed by atoms with E-state index in [4.69, 9.17) is 0 Å². The number of halogens is 1. The van der Waals surface area contributed by atoms with Crippen molar-refractivity contribution in [3.63, 3.8) is 0 Å². The number of nitrogens with one attached hydrogen (secondary N) is 2. The Hall–Kier alpha value is -2.50. The standard InChI is InChI=1S/C14H13FN4O/c15-10-1-3-11(4-2-10)18-13(20)9-7-16-14(17-8-9)19-12-5-6-12/h1-4,7-8,12H,5-6H2,(H,18,20)(H,16,17,19). The number of benzene rings is 1. The van der Waals surface area contributed by atoms with Crippen LogP contribution in [0.2, 0.25) is 0 Å². The van der Waals surface area contributed by atoms with Crippen LogP contribution in [-0.4, -0.2) is 21.9 Å². The Labute approximate surface area is 115 Å². The minimum absolute atomic E-state index is 0.324. The van der Waals surface area contributed by atoms with E-state index in [1.165, 1.54) is 36.7 Å². The number of amides is 1. The second kappa shape index (κ2) is 5.24. The molecule has 1 aromatic carbocycles. The first kappa shape index (κ1) is 12.5. The normalized spacial score (nSPS) is 13.8. The van der Waals surface area contributed by atoms with Crippen molar-refractivity contribution >= 4 is 17.5 Å². The SMILES string of the molecule is O=C(Nc1ccc(F)cc1)c1cnc(NC2CC2)nc1. The van der Waals surface area contributed by atoms with Gasteiger partial charge in [-0.25, -0.2) is 14.4 Å². The molecule has 1 aliphatic rings. The van der Waals surface area contributed by atoms with Gasteiger partial charge in [-0.2, -0.15) is 0 Å². The molecule has 1 aromatic heterocycles. The molecule has 0 atom stereocenters. The van der Waals surface area contributed by atoms with E-state index in [1.54, 1.807) is 0 Å². The smallest absolute Gasteiger partial charge is 0.258 e. The van der Waals surface area contributed by atoms with Gasteiger partial charge in [-0.05, 0) is 37.1 Å². The van der Waals surface area contributed by atoms with E-state index >= 15 is 0 Å². The molecule has 0 bridgehead atoms. The number of carbonyl (C=O) groups excluding carboxylic acids is 1. The van der Waals surface area contributed by atoms with E-state index < -0.39 is 0 Å². The van der Waals surface area contributed by atoms with Crippen molar-refractivity contribution in [1.29, 1.82) is 0 Å². The number of rotatable bonds is 4. The monoisotopic (exact) mass is 272 g/mol. The maximum atomic E-state index is 12.8. The van der Waals surface area contributed by atoms with Gasteiger partial charge in [0, 0.05) is 24.1 Å². The molecule has 1 fully saturated rings. The van der Waals surface area contributed by atoms with Gasteiger partial charge in [-0.1, -0.05) is 0 Å². The van der Waals surface area contributed by atoms with Crippen molar-refractivity contribution in [2.24, 2.45) is 0 Å². The summed E-state index contributed by atoms with van der Waals surface area (Å²) in [5.74, 6) is -0.137. The van der Waals surface area contributed by atoms with Crippen LogP contribution < -0.4 is 10.6 Å². The molecule has 0 spiro atoms. The highest BCUT2D eigenvalue weighted by atomic mass is 19.1. The van der Waals surface area contributed by atoms with Gasteiger partial charge in [-0.3, -0.25) is 4.79 Å². The second-order valence-corrected chi connectivity index (χ2v) is 4.67. The summed E-state index contributed by atoms with van der Waals surface area (Å²) >= 11 is 0. The van der Waals surface area contributed by atoms with E-state index in [-0.39, 0.29) is 11.7 Å². The van der Waals surface area contributed by atoms with E-state index in [9.17, 15) is 9.18 Å². The summed E-state index contributed by atoms with van der Waals surface area (Å²) in [5, 5.41) is 5.79. The summed E-state index contributed by atoms with van der Waals surface area (Å²) in [6, 6.07) is 6.03. The van der Waals surface area contributed by atoms with Gasteiger partial charge < -0.3 is 10.6 Å². The average molecular weight is 272 g/mol. The third-order valence-electron chi connectivity index (χ3n) is 2.93. The van der Waals surface area contributed by atoms with Gasteiger partial charge in [0.1, 0.15) is 5.82 Å². The van der Waals surface area contributed by atoms with E-state index in [0.29, 0.717) is 23.2 Å². The first-order valence-electron chi connectivity index (χ1n) is 6.36. The topological polar surface area (TPSA) is 66.9 Å². The summed E-state index contributed by atoms with van der Waals surface area (Å²) in [6.07, 6.45) is 5.21. The lowest BCUT2D eigenvalue weighted by molar-refractivity contribution is 0.102. The van der Waals surface area contributed by atoms with Gasteiger partial charge in [0.25, 0.3) is 5.91 Å². The van der Waals surface area contributed by atoms with E-state index in [1.807, 2.05) is 0 Å².